The lowest BCUT2D eigenvalue weighted by Crippen LogP contribution is -2.49. The first-order valence-corrected chi connectivity index (χ1v) is 8.41. The number of carbonyl (C=O) groups is 1. The predicted octanol–water partition coefficient (Wildman–Crippen LogP) is 2.79. The van der Waals surface area contributed by atoms with Gasteiger partial charge in [0, 0.05) is 17.7 Å². The van der Waals surface area contributed by atoms with Crippen LogP contribution in [-0.2, 0) is 11.3 Å². The third-order valence-corrected chi connectivity index (χ3v) is 4.86. The van der Waals surface area contributed by atoms with Crippen molar-refractivity contribution < 1.29 is 19.0 Å². The highest BCUT2D eigenvalue weighted by molar-refractivity contribution is 5.94. The van der Waals surface area contributed by atoms with E-state index in [1.807, 2.05) is 0 Å². The van der Waals surface area contributed by atoms with Gasteiger partial charge in [0.1, 0.15) is 5.82 Å². The second-order valence-electron chi connectivity index (χ2n) is 6.86. The fourth-order valence-electron chi connectivity index (χ4n) is 3.13. The lowest BCUT2D eigenvalue weighted by Gasteiger charge is -2.28. The van der Waals surface area contributed by atoms with E-state index in [-0.39, 0.29) is 24.9 Å². The molecule has 0 radical (unpaired) electrons. The van der Waals surface area contributed by atoms with Crippen LogP contribution in [0.1, 0.15) is 54.4 Å². The SMILES string of the molecule is O=C(NC1(CO)CCCC1)c1ccc(F)c(COCC2CC2)c1. The number of hydrogen-bond acceptors (Lipinski definition) is 3. The molecule has 1 aromatic rings. The summed E-state index contributed by atoms with van der Waals surface area (Å²) in [5, 5.41) is 12.5. The molecule has 23 heavy (non-hydrogen) atoms. The molecule has 0 spiro atoms. The van der Waals surface area contributed by atoms with E-state index in [1.54, 1.807) is 6.07 Å². The van der Waals surface area contributed by atoms with Gasteiger partial charge in [-0.2, -0.15) is 0 Å². The van der Waals surface area contributed by atoms with E-state index in [9.17, 15) is 14.3 Å². The Balaban J connectivity index is 1.64. The van der Waals surface area contributed by atoms with Crippen LogP contribution < -0.4 is 5.32 Å². The fourth-order valence-corrected chi connectivity index (χ4v) is 3.13. The first-order chi connectivity index (χ1) is 11.1. The van der Waals surface area contributed by atoms with Crippen LogP contribution in [0.3, 0.4) is 0 Å². The number of amides is 1. The van der Waals surface area contributed by atoms with Gasteiger partial charge in [0.25, 0.3) is 5.91 Å². The van der Waals surface area contributed by atoms with Gasteiger partial charge >= 0.3 is 0 Å². The molecule has 0 atom stereocenters. The summed E-state index contributed by atoms with van der Waals surface area (Å²) < 4.78 is 19.4. The van der Waals surface area contributed by atoms with Gasteiger partial charge in [-0.3, -0.25) is 4.79 Å². The summed E-state index contributed by atoms with van der Waals surface area (Å²) in [5.74, 6) is 0.01000. The van der Waals surface area contributed by atoms with Gasteiger partial charge in [0.05, 0.1) is 18.8 Å². The fraction of sp³-hybridized carbons (Fsp3) is 0.611. The average molecular weight is 321 g/mol. The Morgan fingerprint density at radius 3 is 2.74 bits per heavy atom. The Hall–Kier alpha value is -1.46. The van der Waals surface area contributed by atoms with Gasteiger partial charge in [-0.25, -0.2) is 4.39 Å². The van der Waals surface area contributed by atoms with Gasteiger partial charge in [-0.1, -0.05) is 12.8 Å². The first-order valence-electron chi connectivity index (χ1n) is 8.41. The highest BCUT2D eigenvalue weighted by Gasteiger charge is 2.34. The van der Waals surface area contributed by atoms with Crippen molar-refractivity contribution in [1.29, 1.82) is 0 Å². The predicted molar refractivity (Wildman–Crippen MR) is 84.5 cm³/mol. The molecule has 2 aliphatic rings. The molecule has 4 nitrogen and oxygen atoms in total. The monoisotopic (exact) mass is 321 g/mol. The minimum absolute atomic E-state index is 0.0582. The maximum atomic E-state index is 13.9. The molecule has 0 unspecified atom stereocenters. The molecule has 0 bridgehead atoms. The van der Waals surface area contributed by atoms with Crippen LogP contribution in [0.5, 0.6) is 0 Å². The minimum atomic E-state index is -0.520. The number of ether oxygens (including phenoxy) is 1. The van der Waals surface area contributed by atoms with E-state index in [4.69, 9.17) is 4.74 Å². The molecular formula is C18H24FNO3. The van der Waals surface area contributed by atoms with E-state index in [2.05, 4.69) is 5.32 Å². The third kappa shape index (κ3) is 4.09. The topological polar surface area (TPSA) is 58.6 Å². The molecule has 5 heteroatoms. The summed E-state index contributed by atoms with van der Waals surface area (Å²) in [6.07, 6.45) is 5.96. The minimum Gasteiger partial charge on any atom is -0.394 e. The largest absolute Gasteiger partial charge is 0.394 e. The Kier molecular flexibility index (Phi) is 4.97. The van der Waals surface area contributed by atoms with Crippen LogP contribution in [-0.4, -0.2) is 29.8 Å². The summed E-state index contributed by atoms with van der Waals surface area (Å²) in [7, 11) is 0. The molecule has 126 valence electrons. The van der Waals surface area contributed by atoms with Crippen molar-refractivity contribution in [3.8, 4) is 0 Å². The number of aliphatic hydroxyl groups excluding tert-OH is 1. The zero-order valence-corrected chi connectivity index (χ0v) is 13.3. The highest BCUT2D eigenvalue weighted by Crippen LogP contribution is 2.30. The van der Waals surface area contributed by atoms with Crippen LogP contribution in [0.15, 0.2) is 18.2 Å². The Bertz CT molecular complexity index is 565. The van der Waals surface area contributed by atoms with Crippen LogP contribution >= 0.6 is 0 Å². The first kappa shape index (κ1) is 16.4. The Labute approximate surface area is 136 Å². The Morgan fingerprint density at radius 2 is 2.09 bits per heavy atom. The maximum Gasteiger partial charge on any atom is 0.251 e. The smallest absolute Gasteiger partial charge is 0.251 e. The van der Waals surface area contributed by atoms with Gasteiger partial charge in [0.15, 0.2) is 0 Å². The summed E-state index contributed by atoms with van der Waals surface area (Å²) in [5.41, 5.74) is 0.299. The number of benzene rings is 1. The molecule has 0 saturated heterocycles. The zero-order valence-electron chi connectivity index (χ0n) is 13.3. The number of rotatable bonds is 7. The molecule has 1 aromatic carbocycles. The van der Waals surface area contributed by atoms with Crippen LogP contribution in [0.25, 0.3) is 0 Å². The van der Waals surface area contributed by atoms with E-state index in [0.717, 1.165) is 25.7 Å². The molecule has 2 saturated carbocycles. The summed E-state index contributed by atoms with van der Waals surface area (Å²) in [6.45, 7) is 0.787. The summed E-state index contributed by atoms with van der Waals surface area (Å²) >= 11 is 0. The van der Waals surface area contributed by atoms with Gasteiger partial charge < -0.3 is 15.2 Å². The molecule has 2 N–H and O–H groups in total. The number of hydrogen-bond donors (Lipinski definition) is 2. The number of nitrogens with one attached hydrogen (secondary N) is 1. The molecule has 1 amide bonds. The molecule has 0 aromatic heterocycles. The van der Waals surface area contributed by atoms with Crippen molar-refractivity contribution >= 4 is 5.91 Å². The van der Waals surface area contributed by atoms with Crippen molar-refractivity contribution in [2.75, 3.05) is 13.2 Å². The van der Waals surface area contributed by atoms with E-state index in [0.29, 0.717) is 23.7 Å². The second-order valence-corrected chi connectivity index (χ2v) is 6.86. The van der Waals surface area contributed by atoms with Crippen LogP contribution in [0.4, 0.5) is 4.39 Å². The van der Waals surface area contributed by atoms with Crippen molar-refractivity contribution in [1.82, 2.24) is 5.32 Å². The highest BCUT2D eigenvalue weighted by atomic mass is 19.1. The number of halogens is 1. The van der Waals surface area contributed by atoms with Crippen molar-refractivity contribution in [3.63, 3.8) is 0 Å². The molecule has 2 fully saturated rings. The van der Waals surface area contributed by atoms with Crippen molar-refractivity contribution in [2.45, 2.75) is 50.7 Å². The lowest BCUT2D eigenvalue weighted by molar-refractivity contribution is 0.0837. The Morgan fingerprint density at radius 1 is 1.35 bits per heavy atom. The van der Waals surface area contributed by atoms with Crippen LogP contribution in [0, 0.1) is 11.7 Å². The van der Waals surface area contributed by atoms with E-state index < -0.39 is 5.54 Å². The number of aliphatic hydroxyl groups is 1. The average Bonchev–Trinajstić information content (AvgIpc) is 3.26. The van der Waals surface area contributed by atoms with Gasteiger partial charge in [-0.15, -0.1) is 0 Å². The summed E-state index contributed by atoms with van der Waals surface area (Å²) in [6, 6.07) is 4.34. The van der Waals surface area contributed by atoms with Gasteiger partial charge in [-0.05, 0) is 49.8 Å². The molecule has 3 rings (SSSR count). The lowest BCUT2D eigenvalue weighted by atomic mass is 9.98. The van der Waals surface area contributed by atoms with Crippen LogP contribution in [0.2, 0.25) is 0 Å². The van der Waals surface area contributed by atoms with E-state index >= 15 is 0 Å². The van der Waals surface area contributed by atoms with E-state index in [1.165, 1.54) is 25.0 Å². The quantitative estimate of drug-likeness (QED) is 0.812. The third-order valence-electron chi connectivity index (χ3n) is 4.86. The van der Waals surface area contributed by atoms with Crippen molar-refractivity contribution in [2.24, 2.45) is 5.92 Å². The number of carbonyl (C=O) groups excluding carboxylic acids is 1. The van der Waals surface area contributed by atoms with Crippen molar-refractivity contribution in [3.05, 3.63) is 35.1 Å². The molecule has 0 aliphatic heterocycles. The zero-order chi connectivity index (χ0) is 16.3. The molecular weight excluding hydrogens is 297 g/mol. The normalized spacial score (nSPS) is 19.7. The summed E-state index contributed by atoms with van der Waals surface area (Å²) in [4.78, 5) is 12.4. The molecule has 2 aliphatic carbocycles. The molecule has 0 heterocycles. The maximum absolute atomic E-state index is 13.9. The van der Waals surface area contributed by atoms with Gasteiger partial charge in [0.2, 0.25) is 0 Å². The second kappa shape index (κ2) is 6.97. The standard InChI is InChI=1S/C18H24FNO3/c19-16-6-5-14(9-15(16)11-23-10-13-3-4-13)17(22)20-18(12-21)7-1-2-8-18/h5-6,9,13,21H,1-4,7-8,10-12H2,(H,20,22).